The van der Waals surface area contributed by atoms with Crippen LogP contribution in [0.15, 0.2) is 42.5 Å². The van der Waals surface area contributed by atoms with Crippen LogP contribution in [0.5, 0.6) is 5.75 Å². The van der Waals surface area contributed by atoms with Crippen LogP contribution in [0, 0.1) is 10.1 Å². The molecule has 0 aliphatic rings. The third kappa shape index (κ3) is 3.97. The molecule has 0 heterocycles. The molecule has 0 aromatic heterocycles. The summed E-state index contributed by atoms with van der Waals surface area (Å²) in [6.07, 6.45) is 0.789. The number of nitrogens with one attached hydrogen (secondary N) is 2. The van der Waals surface area contributed by atoms with E-state index in [1.165, 1.54) is 25.3 Å². The van der Waals surface area contributed by atoms with E-state index in [2.05, 4.69) is 10.6 Å². The van der Waals surface area contributed by atoms with E-state index in [4.69, 9.17) is 4.74 Å². The zero-order valence-electron chi connectivity index (χ0n) is 12.8. The van der Waals surface area contributed by atoms with Crippen LogP contribution in [0.2, 0.25) is 0 Å². The molecule has 0 aliphatic heterocycles. The molecule has 0 radical (unpaired) electrons. The average Bonchev–Trinajstić information content (AvgIpc) is 2.55. The molecule has 0 aliphatic carbocycles. The zero-order chi connectivity index (χ0) is 16.8. The van der Waals surface area contributed by atoms with Gasteiger partial charge in [0.2, 0.25) is 0 Å². The van der Waals surface area contributed by atoms with E-state index in [0.29, 0.717) is 11.4 Å². The number of carbonyl (C=O) groups excluding carboxylic acids is 1. The van der Waals surface area contributed by atoms with Crippen molar-refractivity contribution in [1.82, 2.24) is 0 Å². The number of anilines is 2. The standard InChI is InChI=1S/C16H17N3O4/c1-3-11-6-4-5-7-13(11)17-16(20)18-14-9-8-12(19(21)22)10-15(14)23-2/h4-10H,3H2,1-2H3,(H2,17,18,20). The summed E-state index contributed by atoms with van der Waals surface area (Å²) in [7, 11) is 1.38. The first-order valence-electron chi connectivity index (χ1n) is 7.03. The van der Waals surface area contributed by atoms with Gasteiger partial charge < -0.3 is 15.4 Å². The van der Waals surface area contributed by atoms with Gasteiger partial charge in [0.15, 0.2) is 0 Å². The Balaban J connectivity index is 2.15. The highest BCUT2D eigenvalue weighted by Gasteiger charge is 2.13. The minimum Gasteiger partial charge on any atom is -0.494 e. The fraction of sp³-hybridized carbons (Fsp3) is 0.188. The summed E-state index contributed by atoms with van der Waals surface area (Å²) < 4.78 is 5.09. The number of nitro benzene ring substituents is 1. The van der Waals surface area contributed by atoms with E-state index in [0.717, 1.165) is 12.0 Å². The van der Waals surface area contributed by atoms with E-state index < -0.39 is 11.0 Å². The molecule has 2 rings (SSSR count). The second-order valence-electron chi connectivity index (χ2n) is 4.73. The quantitative estimate of drug-likeness (QED) is 0.648. The third-order valence-corrected chi connectivity index (χ3v) is 3.29. The third-order valence-electron chi connectivity index (χ3n) is 3.29. The Hall–Kier alpha value is -3.09. The molecular formula is C16H17N3O4. The van der Waals surface area contributed by atoms with Crippen LogP contribution < -0.4 is 15.4 Å². The summed E-state index contributed by atoms with van der Waals surface area (Å²) in [6.45, 7) is 2.00. The van der Waals surface area contributed by atoms with Crippen molar-refractivity contribution in [2.75, 3.05) is 17.7 Å². The van der Waals surface area contributed by atoms with Crippen LogP contribution in [0.4, 0.5) is 21.9 Å². The molecule has 2 N–H and O–H groups in total. The van der Waals surface area contributed by atoms with Crippen LogP contribution in [0.25, 0.3) is 0 Å². The Labute approximate surface area is 133 Å². The van der Waals surface area contributed by atoms with Gasteiger partial charge in [0.1, 0.15) is 5.75 Å². The summed E-state index contributed by atoms with van der Waals surface area (Å²) in [5.74, 6) is 0.220. The molecule has 0 bridgehead atoms. The highest BCUT2D eigenvalue weighted by Crippen LogP contribution is 2.29. The number of benzene rings is 2. The number of amides is 2. The van der Waals surface area contributed by atoms with Crippen LogP contribution in [0.1, 0.15) is 12.5 Å². The molecule has 7 nitrogen and oxygen atoms in total. The molecule has 2 aromatic rings. The number of rotatable bonds is 5. The monoisotopic (exact) mass is 315 g/mol. The molecule has 2 aromatic carbocycles. The average molecular weight is 315 g/mol. The van der Waals surface area contributed by atoms with Gasteiger partial charge in [0, 0.05) is 11.8 Å². The first-order valence-corrected chi connectivity index (χ1v) is 7.03. The summed E-state index contributed by atoms with van der Waals surface area (Å²) >= 11 is 0. The van der Waals surface area contributed by atoms with Crippen LogP contribution in [-0.2, 0) is 6.42 Å². The minimum atomic E-state index is -0.524. The smallest absolute Gasteiger partial charge is 0.323 e. The molecule has 23 heavy (non-hydrogen) atoms. The Morgan fingerprint density at radius 2 is 1.87 bits per heavy atom. The lowest BCUT2D eigenvalue weighted by atomic mass is 10.1. The highest BCUT2D eigenvalue weighted by molar-refractivity contribution is 6.01. The largest absolute Gasteiger partial charge is 0.494 e. The predicted octanol–water partition coefficient (Wildman–Crippen LogP) is 3.81. The first-order chi connectivity index (χ1) is 11.0. The number of carbonyl (C=O) groups is 1. The number of aryl methyl sites for hydroxylation is 1. The van der Waals surface area contributed by atoms with Crippen LogP contribution >= 0.6 is 0 Å². The van der Waals surface area contributed by atoms with Crippen molar-refractivity contribution < 1.29 is 14.5 Å². The van der Waals surface area contributed by atoms with Crippen molar-refractivity contribution in [3.05, 3.63) is 58.1 Å². The summed E-state index contributed by atoms with van der Waals surface area (Å²) in [5.41, 5.74) is 1.97. The number of hydrogen-bond donors (Lipinski definition) is 2. The normalized spacial score (nSPS) is 10.0. The van der Waals surface area contributed by atoms with Crippen molar-refractivity contribution in [3.63, 3.8) is 0 Å². The maximum atomic E-state index is 12.1. The molecule has 120 valence electrons. The summed E-state index contributed by atoms with van der Waals surface area (Å²) in [5, 5.41) is 16.2. The lowest BCUT2D eigenvalue weighted by Crippen LogP contribution is -2.20. The number of non-ortho nitro benzene ring substituents is 1. The predicted molar refractivity (Wildman–Crippen MR) is 88.1 cm³/mol. The Bertz CT molecular complexity index is 731. The van der Waals surface area contributed by atoms with E-state index >= 15 is 0 Å². The van der Waals surface area contributed by atoms with Gasteiger partial charge in [-0.2, -0.15) is 0 Å². The Morgan fingerprint density at radius 3 is 2.52 bits per heavy atom. The lowest BCUT2D eigenvalue weighted by molar-refractivity contribution is -0.384. The van der Waals surface area contributed by atoms with Gasteiger partial charge in [0.05, 0.1) is 23.8 Å². The second-order valence-corrected chi connectivity index (χ2v) is 4.73. The van der Waals surface area contributed by atoms with Gasteiger partial charge in [-0.3, -0.25) is 10.1 Å². The second kappa shape index (κ2) is 7.26. The topological polar surface area (TPSA) is 93.5 Å². The molecular weight excluding hydrogens is 298 g/mol. The van der Waals surface area contributed by atoms with Crippen molar-refractivity contribution in [2.45, 2.75) is 13.3 Å². The number of ether oxygens (including phenoxy) is 1. The number of urea groups is 1. The molecule has 0 atom stereocenters. The maximum Gasteiger partial charge on any atom is 0.323 e. The van der Waals surface area contributed by atoms with E-state index in [-0.39, 0.29) is 11.4 Å². The number of methoxy groups -OCH3 is 1. The van der Waals surface area contributed by atoms with Crippen LogP contribution in [-0.4, -0.2) is 18.1 Å². The fourth-order valence-electron chi connectivity index (χ4n) is 2.12. The fourth-order valence-corrected chi connectivity index (χ4v) is 2.12. The Kier molecular flexibility index (Phi) is 5.14. The minimum absolute atomic E-state index is 0.107. The number of hydrogen-bond acceptors (Lipinski definition) is 4. The van der Waals surface area contributed by atoms with Crippen molar-refractivity contribution in [2.24, 2.45) is 0 Å². The van der Waals surface area contributed by atoms with Gasteiger partial charge in [-0.15, -0.1) is 0 Å². The molecule has 7 heteroatoms. The summed E-state index contributed by atoms with van der Waals surface area (Å²) in [4.78, 5) is 22.4. The SMILES string of the molecule is CCc1ccccc1NC(=O)Nc1ccc([N+](=O)[O-])cc1OC. The Morgan fingerprint density at radius 1 is 1.17 bits per heavy atom. The molecule has 0 unspecified atom stereocenters. The highest BCUT2D eigenvalue weighted by atomic mass is 16.6. The molecule has 0 saturated carbocycles. The van der Waals surface area contributed by atoms with Gasteiger partial charge in [-0.05, 0) is 24.1 Å². The van der Waals surface area contributed by atoms with Crippen LogP contribution in [0.3, 0.4) is 0 Å². The van der Waals surface area contributed by atoms with E-state index in [9.17, 15) is 14.9 Å². The molecule has 0 saturated heterocycles. The van der Waals surface area contributed by atoms with Gasteiger partial charge >= 0.3 is 6.03 Å². The summed E-state index contributed by atoms with van der Waals surface area (Å²) in [6, 6.07) is 11.0. The van der Waals surface area contributed by atoms with Crippen molar-refractivity contribution in [1.29, 1.82) is 0 Å². The number of nitrogens with zero attached hydrogens (tertiary/aromatic N) is 1. The van der Waals surface area contributed by atoms with Gasteiger partial charge in [-0.1, -0.05) is 25.1 Å². The molecule has 0 spiro atoms. The number of nitro groups is 1. The lowest BCUT2D eigenvalue weighted by Gasteiger charge is -2.13. The maximum absolute atomic E-state index is 12.1. The van der Waals surface area contributed by atoms with E-state index in [1.54, 1.807) is 0 Å². The zero-order valence-corrected chi connectivity index (χ0v) is 12.8. The van der Waals surface area contributed by atoms with E-state index in [1.807, 2.05) is 31.2 Å². The van der Waals surface area contributed by atoms with Crippen molar-refractivity contribution >= 4 is 23.1 Å². The molecule has 0 fully saturated rings. The van der Waals surface area contributed by atoms with Gasteiger partial charge in [-0.25, -0.2) is 4.79 Å². The van der Waals surface area contributed by atoms with Gasteiger partial charge in [0.25, 0.3) is 5.69 Å². The first kappa shape index (κ1) is 16.3. The molecule has 2 amide bonds. The van der Waals surface area contributed by atoms with Crippen molar-refractivity contribution in [3.8, 4) is 5.75 Å². The number of para-hydroxylation sites is 1.